The number of rotatable bonds is 6. The summed E-state index contributed by atoms with van der Waals surface area (Å²) in [5.74, 6) is 2.18. The van der Waals surface area contributed by atoms with Gasteiger partial charge in [0.15, 0.2) is 0 Å². The first-order chi connectivity index (χ1) is 23.7. The molecule has 8 rings (SSSR count). The zero-order chi connectivity index (χ0) is 33.8. The van der Waals surface area contributed by atoms with Crippen LogP contribution in [-0.2, 0) is 5.41 Å². The van der Waals surface area contributed by atoms with E-state index < -0.39 is 6.98 Å². The summed E-state index contributed by atoms with van der Waals surface area (Å²) in [5.41, 5.74) is 6.65. The predicted molar refractivity (Wildman–Crippen MR) is 189 cm³/mol. The molecule has 7 heteroatoms. The van der Waals surface area contributed by atoms with Gasteiger partial charge in [-0.1, -0.05) is 6.07 Å². The van der Waals surface area contributed by atoms with Crippen molar-refractivity contribution in [3.8, 4) is 11.5 Å². The van der Waals surface area contributed by atoms with Gasteiger partial charge < -0.3 is 0 Å². The van der Waals surface area contributed by atoms with E-state index in [-0.39, 0.29) is 27.0 Å². The molecule has 46 heavy (non-hydrogen) atoms. The Labute approximate surface area is 280 Å². The number of aromatic nitrogens is 2. The Morgan fingerprint density at radius 2 is 1.54 bits per heavy atom. The Morgan fingerprint density at radius 1 is 0.717 bits per heavy atom. The Hall–Kier alpha value is -5.10. The Kier molecular flexibility index (Phi) is 6.21. The number of hydrogen-bond donors (Lipinski definition) is 0. The average molecular weight is 670 g/mol. The van der Waals surface area contributed by atoms with Crippen LogP contribution in [0.2, 0.25) is 0 Å². The summed E-state index contributed by atoms with van der Waals surface area (Å²) >= 11 is 0.0482. The number of para-hydroxylation sites is 2. The quantitative estimate of drug-likeness (QED) is 0.170. The van der Waals surface area contributed by atoms with E-state index in [4.69, 9.17) is 13.8 Å². The standard InChI is InChI=1S/C39H33N5OSe/c1-39(2,27-10-5-4-6-11-27)28-18-21-41-38(22-28)44-34-19-20-40-25-37(34)46-36-17-16-31(24-35(36)44)45-30-13-9-12-29(23-30)43-26-42(3)32-14-7-8-15-33(32)43/h4-25H,26H2,1-3H3/i3D3. The molecular weight excluding hydrogens is 633 g/mol. The minimum atomic E-state index is -2.25. The first kappa shape index (κ1) is 25.1. The van der Waals surface area contributed by atoms with Crippen LogP contribution in [0.5, 0.6) is 11.5 Å². The van der Waals surface area contributed by atoms with Crippen molar-refractivity contribution in [2.45, 2.75) is 19.3 Å². The number of pyridine rings is 2. The molecule has 4 aromatic carbocycles. The van der Waals surface area contributed by atoms with Crippen molar-refractivity contribution < 1.29 is 8.85 Å². The molecule has 0 spiro atoms. The summed E-state index contributed by atoms with van der Waals surface area (Å²) in [6.45, 7) is 2.45. The van der Waals surface area contributed by atoms with E-state index in [1.807, 2.05) is 84.2 Å². The van der Waals surface area contributed by atoms with Crippen molar-refractivity contribution in [3.63, 3.8) is 0 Å². The third kappa shape index (κ3) is 4.98. The number of benzene rings is 4. The fraction of sp³-hybridized carbons (Fsp3) is 0.128. The molecule has 226 valence electrons. The molecule has 0 saturated carbocycles. The zero-order valence-electron chi connectivity index (χ0n) is 28.5. The number of anilines is 6. The van der Waals surface area contributed by atoms with Crippen LogP contribution in [0.25, 0.3) is 0 Å². The molecule has 2 aliphatic rings. The summed E-state index contributed by atoms with van der Waals surface area (Å²) in [4.78, 5) is 15.0. The summed E-state index contributed by atoms with van der Waals surface area (Å²) in [6.07, 6.45) is 5.69. The molecule has 0 radical (unpaired) electrons. The molecule has 0 N–H and O–H groups in total. The van der Waals surface area contributed by atoms with Crippen LogP contribution in [0.3, 0.4) is 0 Å². The van der Waals surface area contributed by atoms with Gasteiger partial charge >= 0.3 is 271 Å². The van der Waals surface area contributed by atoms with Gasteiger partial charge in [-0.05, 0) is 0 Å². The first-order valence-electron chi connectivity index (χ1n) is 16.7. The van der Waals surface area contributed by atoms with Crippen molar-refractivity contribution in [2.75, 3.05) is 28.3 Å². The number of ether oxygens (including phenoxy) is 1. The van der Waals surface area contributed by atoms with E-state index in [0.29, 0.717) is 17.2 Å². The number of hydrogen-bond acceptors (Lipinski definition) is 6. The van der Waals surface area contributed by atoms with Gasteiger partial charge in [0.1, 0.15) is 0 Å². The van der Waals surface area contributed by atoms with Gasteiger partial charge in [0.05, 0.1) is 0 Å². The van der Waals surface area contributed by atoms with Crippen LogP contribution in [0.15, 0.2) is 134 Å². The third-order valence-corrected chi connectivity index (χ3v) is 11.0. The Balaban J connectivity index is 1.14. The minimum absolute atomic E-state index is 0.0482. The summed E-state index contributed by atoms with van der Waals surface area (Å²) in [7, 11) is 0. The average Bonchev–Trinajstić information content (AvgIpc) is 3.52. The number of fused-ring (bicyclic) bond motifs is 3. The predicted octanol–water partition coefficient (Wildman–Crippen LogP) is 7.58. The molecule has 2 aliphatic heterocycles. The summed E-state index contributed by atoms with van der Waals surface area (Å²) in [6, 6.07) is 38.5. The van der Waals surface area contributed by atoms with Crippen molar-refractivity contribution in [1.29, 1.82) is 0 Å². The maximum atomic E-state index is 8.08. The third-order valence-electron chi connectivity index (χ3n) is 8.70. The molecule has 0 bridgehead atoms. The number of nitrogens with zero attached hydrogens (tertiary/aromatic N) is 5. The van der Waals surface area contributed by atoms with Gasteiger partial charge in [0.25, 0.3) is 0 Å². The molecule has 2 aromatic heterocycles. The summed E-state index contributed by atoms with van der Waals surface area (Å²) < 4.78 is 33.2. The molecule has 6 nitrogen and oxygen atoms in total. The molecule has 0 aliphatic carbocycles. The van der Waals surface area contributed by atoms with Crippen molar-refractivity contribution in [1.82, 2.24) is 9.97 Å². The fourth-order valence-electron chi connectivity index (χ4n) is 6.19. The van der Waals surface area contributed by atoms with E-state index in [1.54, 1.807) is 0 Å². The Morgan fingerprint density at radius 3 is 2.41 bits per heavy atom. The van der Waals surface area contributed by atoms with Crippen LogP contribution in [0.1, 0.15) is 29.1 Å². The van der Waals surface area contributed by atoms with E-state index in [2.05, 4.69) is 78.3 Å². The van der Waals surface area contributed by atoms with Crippen LogP contribution >= 0.6 is 0 Å². The van der Waals surface area contributed by atoms with Crippen LogP contribution in [-0.4, -0.2) is 38.6 Å². The van der Waals surface area contributed by atoms with Gasteiger partial charge in [-0.25, -0.2) is 0 Å². The molecule has 0 amide bonds. The summed E-state index contributed by atoms with van der Waals surface area (Å²) in [5, 5.41) is 0. The van der Waals surface area contributed by atoms with Crippen LogP contribution in [0, 0.1) is 0 Å². The monoisotopic (exact) mass is 670 g/mol. The Bertz CT molecular complexity index is 2180. The van der Waals surface area contributed by atoms with E-state index in [0.717, 1.165) is 28.6 Å². The van der Waals surface area contributed by atoms with Gasteiger partial charge in [-0.15, -0.1) is 0 Å². The van der Waals surface area contributed by atoms with Crippen molar-refractivity contribution in [2.24, 2.45) is 0 Å². The molecule has 0 fully saturated rings. The van der Waals surface area contributed by atoms with Crippen molar-refractivity contribution >= 4 is 58.1 Å². The normalized spacial score (nSPS) is 14.9. The first-order valence-corrected chi connectivity index (χ1v) is 16.9. The molecule has 4 heterocycles. The second-order valence-corrected chi connectivity index (χ2v) is 14.2. The molecule has 0 atom stereocenters. The van der Waals surface area contributed by atoms with Gasteiger partial charge in [-0.2, -0.15) is 0 Å². The molecule has 0 saturated heterocycles. The van der Waals surface area contributed by atoms with Crippen LogP contribution in [0.4, 0.5) is 34.3 Å². The SMILES string of the molecule is [2H]C([2H])([2H])N1CN(c2cccc(Oc3ccc4c(c3)N(c3cc(C(C)(C)c5ccccc5)ccn3)c3ccncc3[Se]4)c2)c2ccccc21. The molecular formula is C39H33N5OSe. The molecule has 6 aromatic rings. The second kappa shape index (κ2) is 11.4. The van der Waals surface area contributed by atoms with E-state index in [9.17, 15) is 0 Å². The second-order valence-electron chi connectivity index (χ2n) is 11.9. The van der Waals surface area contributed by atoms with E-state index >= 15 is 0 Å². The topological polar surface area (TPSA) is 44.7 Å². The zero-order valence-corrected chi connectivity index (χ0v) is 27.2. The van der Waals surface area contributed by atoms with Gasteiger partial charge in [0.2, 0.25) is 0 Å². The fourth-order valence-corrected chi connectivity index (χ4v) is 8.30. The molecule has 0 unspecified atom stereocenters. The van der Waals surface area contributed by atoms with Crippen molar-refractivity contribution in [3.05, 3.63) is 145 Å². The van der Waals surface area contributed by atoms with Crippen LogP contribution < -0.4 is 28.4 Å². The van der Waals surface area contributed by atoms with E-state index in [1.165, 1.54) is 25.0 Å². The van der Waals surface area contributed by atoms with Gasteiger partial charge in [-0.3, -0.25) is 0 Å². The van der Waals surface area contributed by atoms with Gasteiger partial charge in [0, 0.05) is 4.11 Å². The maximum absolute atomic E-state index is 8.08.